The number of carboxylic acid groups (broad SMARTS) is 2. The van der Waals surface area contributed by atoms with Gasteiger partial charge in [0.25, 0.3) is 0 Å². The fraction of sp³-hybridized carbons (Fsp3) is 0.444. The molecule has 25 heavy (non-hydrogen) atoms. The van der Waals surface area contributed by atoms with Crippen LogP contribution >= 0.6 is 11.6 Å². The van der Waals surface area contributed by atoms with Gasteiger partial charge in [-0.25, -0.2) is 9.59 Å². The quantitative estimate of drug-likeness (QED) is 0.669. The molecule has 0 aromatic heterocycles. The van der Waals surface area contributed by atoms with Crippen LogP contribution in [0.15, 0.2) is 36.4 Å². The van der Waals surface area contributed by atoms with Crippen LogP contribution in [0.3, 0.4) is 0 Å². The number of hydrogen-bond donors (Lipinski definition) is 3. The summed E-state index contributed by atoms with van der Waals surface area (Å²) in [5.74, 6) is -2.51. The molecule has 0 aliphatic carbocycles. The Morgan fingerprint density at radius 1 is 1.24 bits per heavy atom. The Balaban J connectivity index is 0.000000333. The van der Waals surface area contributed by atoms with Gasteiger partial charge in [0, 0.05) is 42.3 Å². The average molecular weight is 369 g/mol. The first kappa shape index (κ1) is 21.2. The lowest BCUT2D eigenvalue weighted by molar-refractivity contribution is -0.134. The second-order valence-electron chi connectivity index (χ2n) is 6.05. The molecule has 1 fully saturated rings. The van der Waals surface area contributed by atoms with Crippen LogP contribution in [0, 0.1) is 0 Å². The molecular weight excluding hydrogens is 344 g/mol. The molecule has 0 amide bonds. The third-order valence-electron chi connectivity index (χ3n) is 3.81. The zero-order valence-corrected chi connectivity index (χ0v) is 15.2. The topological polar surface area (TPSA) is 89.9 Å². The van der Waals surface area contributed by atoms with E-state index >= 15 is 0 Å². The second kappa shape index (κ2) is 10.9. The lowest BCUT2D eigenvalue weighted by Gasteiger charge is -2.32. The third kappa shape index (κ3) is 8.67. The zero-order chi connectivity index (χ0) is 18.8. The van der Waals surface area contributed by atoms with Gasteiger partial charge in [0.15, 0.2) is 0 Å². The molecule has 7 heteroatoms. The average Bonchev–Trinajstić information content (AvgIpc) is 3.06. The molecule has 2 rings (SSSR count). The number of benzene rings is 1. The van der Waals surface area contributed by atoms with Crippen molar-refractivity contribution in [2.24, 2.45) is 0 Å². The van der Waals surface area contributed by atoms with Gasteiger partial charge >= 0.3 is 11.9 Å². The number of rotatable bonds is 6. The second-order valence-corrected chi connectivity index (χ2v) is 6.49. The van der Waals surface area contributed by atoms with Gasteiger partial charge in [-0.15, -0.1) is 0 Å². The van der Waals surface area contributed by atoms with Crippen molar-refractivity contribution < 1.29 is 19.8 Å². The molecule has 3 N–H and O–H groups in total. The molecule has 0 unspecified atom stereocenters. The van der Waals surface area contributed by atoms with Gasteiger partial charge < -0.3 is 15.5 Å². The predicted molar refractivity (Wildman–Crippen MR) is 97.8 cm³/mol. The number of nitrogens with one attached hydrogen (secondary N) is 1. The van der Waals surface area contributed by atoms with Crippen molar-refractivity contribution in [1.82, 2.24) is 10.2 Å². The number of carboxylic acids is 2. The maximum absolute atomic E-state index is 9.55. The highest BCUT2D eigenvalue weighted by molar-refractivity contribution is 6.30. The summed E-state index contributed by atoms with van der Waals surface area (Å²) < 4.78 is 0. The van der Waals surface area contributed by atoms with Crippen molar-refractivity contribution in [1.29, 1.82) is 0 Å². The Hall–Kier alpha value is -1.89. The molecule has 0 bridgehead atoms. The monoisotopic (exact) mass is 368 g/mol. The van der Waals surface area contributed by atoms with Crippen molar-refractivity contribution in [3.05, 3.63) is 47.0 Å². The first-order valence-corrected chi connectivity index (χ1v) is 8.52. The number of aliphatic carboxylic acids is 2. The minimum Gasteiger partial charge on any atom is -0.478 e. The number of halogens is 1. The summed E-state index contributed by atoms with van der Waals surface area (Å²) in [5, 5.41) is 19.9. The maximum Gasteiger partial charge on any atom is 0.328 e. The summed E-state index contributed by atoms with van der Waals surface area (Å²) >= 11 is 5.91. The summed E-state index contributed by atoms with van der Waals surface area (Å²) in [4.78, 5) is 21.7. The van der Waals surface area contributed by atoms with Crippen molar-refractivity contribution >= 4 is 23.5 Å². The number of nitrogens with zero attached hydrogens (tertiary/aromatic N) is 1. The summed E-state index contributed by atoms with van der Waals surface area (Å²) in [6.45, 7) is 7.82. The molecular formula is C18H25ClN2O4. The van der Waals surface area contributed by atoms with Gasteiger partial charge in [-0.2, -0.15) is 0 Å². The van der Waals surface area contributed by atoms with Crippen molar-refractivity contribution in [2.45, 2.75) is 38.9 Å². The Bertz CT molecular complexity index is 565. The van der Waals surface area contributed by atoms with Crippen molar-refractivity contribution in [3.8, 4) is 0 Å². The van der Waals surface area contributed by atoms with Crippen LogP contribution in [0.5, 0.6) is 0 Å². The molecule has 1 aliphatic rings. The van der Waals surface area contributed by atoms with E-state index in [4.69, 9.17) is 21.8 Å². The summed E-state index contributed by atoms with van der Waals surface area (Å²) in [6, 6.07) is 9.45. The van der Waals surface area contributed by atoms with Crippen LogP contribution in [0.4, 0.5) is 0 Å². The summed E-state index contributed by atoms with van der Waals surface area (Å²) in [5.41, 5.74) is 1.34. The number of hydrogen-bond acceptors (Lipinski definition) is 4. The molecule has 0 saturated carbocycles. The van der Waals surface area contributed by atoms with Gasteiger partial charge in [-0.3, -0.25) is 4.90 Å². The van der Waals surface area contributed by atoms with Crippen LogP contribution in [-0.2, 0) is 16.1 Å². The van der Waals surface area contributed by atoms with E-state index in [-0.39, 0.29) is 0 Å². The normalized spacial score (nSPS) is 16.9. The fourth-order valence-corrected chi connectivity index (χ4v) is 2.72. The maximum atomic E-state index is 9.55. The minimum absolute atomic E-state index is 0.558. The highest BCUT2D eigenvalue weighted by Gasteiger charge is 2.24. The molecule has 1 aromatic rings. The largest absolute Gasteiger partial charge is 0.478 e. The Kier molecular flexibility index (Phi) is 9.20. The van der Waals surface area contributed by atoms with E-state index < -0.39 is 11.9 Å². The van der Waals surface area contributed by atoms with Gasteiger partial charge in [-0.1, -0.05) is 23.7 Å². The molecule has 6 nitrogen and oxygen atoms in total. The molecule has 1 atom stereocenters. The fourth-order valence-electron chi connectivity index (χ4n) is 2.60. The lowest BCUT2D eigenvalue weighted by Crippen LogP contribution is -2.41. The molecule has 1 saturated heterocycles. The first-order chi connectivity index (χ1) is 11.8. The van der Waals surface area contributed by atoms with Crippen LogP contribution in [0.1, 0.15) is 25.8 Å². The Labute approximate surface area is 153 Å². The van der Waals surface area contributed by atoms with E-state index in [2.05, 4.69) is 36.2 Å². The van der Waals surface area contributed by atoms with E-state index in [1.165, 1.54) is 12.0 Å². The van der Waals surface area contributed by atoms with Gasteiger partial charge in [0.2, 0.25) is 0 Å². The summed E-state index contributed by atoms with van der Waals surface area (Å²) in [7, 11) is 0. The van der Waals surface area contributed by atoms with E-state index in [9.17, 15) is 9.59 Å². The molecule has 0 radical (unpaired) electrons. The molecule has 0 spiro atoms. The van der Waals surface area contributed by atoms with Crippen LogP contribution in [0.2, 0.25) is 5.02 Å². The third-order valence-corrected chi connectivity index (χ3v) is 4.07. The van der Waals surface area contributed by atoms with E-state index in [1.807, 2.05) is 12.1 Å². The predicted octanol–water partition coefficient (Wildman–Crippen LogP) is 2.62. The van der Waals surface area contributed by atoms with E-state index in [0.717, 1.165) is 24.7 Å². The van der Waals surface area contributed by atoms with Crippen LogP contribution in [0.25, 0.3) is 0 Å². The standard InChI is InChI=1S/C14H21ClN2.C4H4O4/c1-11(2)17(14-7-8-16-9-14)10-12-3-5-13(15)6-4-12;5-3(6)1-2-4(7)8/h3-6,11,14,16H,7-10H2,1-2H3;1-2H,(H,5,6)(H,7,8)/b;2-1+/t14-;/m0./s1. The number of carbonyl (C=O) groups is 2. The Morgan fingerprint density at radius 2 is 1.80 bits per heavy atom. The highest BCUT2D eigenvalue weighted by atomic mass is 35.5. The molecule has 138 valence electrons. The first-order valence-electron chi connectivity index (χ1n) is 8.14. The minimum atomic E-state index is -1.26. The molecule has 1 aliphatic heterocycles. The van der Waals surface area contributed by atoms with Crippen LogP contribution in [-0.4, -0.2) is 52.2 Å². The lowest BCUT2D eigenvalue weighted by atomic mass is 10.1. The smallest absolute Gasteiger partial charge is 0.328 e. The van der Waals surface area contributed by atoms with Gasteiger partial charge in [0.1, 0.15) is 0 Å². The highest BCUT2D eigenvalue weighted by Crippen LogP contribution is 2.18. The van der Waals surface area contributed by atoms with E-state index in [0.29, 0.717) is 24.2 Å². The van der Waals surface area contributed by atoms with Crippen LogP contribution < -0.4 is 5.32 Å². The Morgan fingerprint density at radius 3 is 2.20 bits per heavy atom. The zero-order valence-electron chi connectivity index (χ0n) is 14.5. The molecule has 1 heterocycles. The van der Waals surface area contributed by atoms with Crippen molar-refractivity contribution in [2.75, 3.05) is 13.1 Å². The SMILES string of the molecule is CC(C)N(Cc1ccc(Cl)cc1)[C@H]1CCNC1.O=C(O)/C=C/C(=O)O. The van der Waals surface area contributed by atoms with Crippen molar-refractivity contribution in [3.63, 3.8) is 0 Å². The van der Waals surface area contributed by atoms with Gasteiger partial charge in [-0.05, 0) is 44.5 Å². The molecule has 1 aromatic carbocycles. The van der Waals surface area contributed by atoms with E-state index in [1.54, 1.807) is 0 Å². The summed E-state index contributed by atoms with van der Waals surface area (Å²) in [6.07, 6.45) is 2.37. The van der Waals surface area contributed by atoms with Gasteiger partial charge in [0.05, 0.1) is 0 Å².